The number of nitrogens with two attached hydrogens (primary N) is 1. The fourth-order valence-electron chi connectivity index (χ4n) is 4.53. The van der Waals surface area contributed by atoms with Gasteiger partial charge in [0.1, 0.15) is 33.2 Å². The zero-order valence-electron chi connectivity index (χ0n) is 18.5. The van der Waals surface area contributed by atoms with Gasteiger partial charge in [0.2, 0.25) is 0 Å². The molecular weight excluding hydrogens is 568 g/mol. The topological polar surface area (TPSA) is 101 Å². The van der Waals surface area contributed by atoms with Crippen molar-refractivity contribution in [1.29, 1.82) is 0 Å². The summed E-state index contributed by atoms with van der Waals surface area (Å²) < 4.78 is 33.8. The van der Waals surface area contributed by atoms with Crippen LogP contribution in [0.2, 0.25) is 4.34 Å². The highest BCUT2D eigenvalue weighted by Crippen LogP contribution is 2.36. The molecule has 3 N–H and O–H groups in total. The molecule has 3 aromatic rings. The summed E-state index contributed by atoms with van der Waals surface area (Å²) in [7, 11) is 0. The largest absolute Gasteiger partial charge is 0.486 e. The number of hydrogen-bond acceptors (Lipinski definition) is 8. The van der Waals surface area contributed by atoms with E-state index in [9.17, 15) is 13.6 Å². The number of amides is 1. The van der Waals surface area contributed by atoms with Crippen molar-refractivity contribution in [2.45, 2.75) is 31.4 Å². The van der Waals surface area contributed by atoms with E-state index in [1.807, 2.05) is 6.07 Å². The minimum atomic E-state index is -2.38. The van der Waals surface area contributed by atoms with E-state index in [2.05, 4.69) is 36.2 Å². The smallest absolute Gasteiger partial charge is 0.265 e. The van der Waals surface area contributed by atoms with Crippen molar-refractivity contribution < 1.29 is 18.3 Å². The Morgan fingerprint density at radius 2 is 2.17 bits per heavy atom. The van der Waals surface area contributed by atoms with Crippen molar-refractivity contribution in [3.8, 4) is 5.75 Å². The average Bonchev–Trinajstić information content (AvgIpc) is 3.33. The first-order valence-electron chi connectivity index (χ1n) is 11.1. The molecule has 1 amide bonds. The lowest BCUT2D eigenvalue weighted by atomic mass is 10.0. The number of hydrogen-bond donors (Lipinski definition) is 2. The molecule has 0 saturated carbocycles. The number of nitrogens with zero attached hydrogens (tertiary/aromatic N) is 5. The minimum Gasteiger partial charge on any atom is -0.486 e. The average molecular weight is 591 g/mol. The molecule has 35 heavy (non-hydrogen) atoms. The first-order valence-corrected chi connectivity index (χ1v) is 13.1. The van der Waals surface area contributed by atoms with Gasteiger partial charge in [0.05, 0.1) is 16.6 Å². The summed E-state index contributed by atoms with van der Waals surface area (Å²) in [4.78, 5) is 21.4. The van der Waals surface area contributed by atoms with E-state index in [1.54, 1.807) is 15.5 Å². The maximum Gasteiger partial charge on any atom is 0.265 e. The van der Waals surface area contributed by atoms with Gasteiger partial charge in [0.25, 0.3) is 12.3 Å². The zero-order chi connectivity index (χ0) is 24.7. The molecule has 1 atom stereocenters. The molecule has 0 aliphatic carbocycles. The number of halogens is 4. The van der Waals surface area contributed by atoms with Crippen molar-refractivity contribution in [1.82, 2.24) is 24.8 Å². The number of fused-ring (bicyclic) bond motifs is 1. The zero-order valence-corrected chi connectivity index (χ0v) is 21.6. The number of rotatable bonds is 7. The molecule has 9 nitrogen and oxygen atoms in total. The molecule has 5 heterocycles. The number of piperidine rings is 1. The summed E-state index contributed by atoms with van der Waals surface area (Å²) in [5.74, 6) is 0.502. The van der Waals surface area contributed by atoms with Gasteiger partial charge in [0, 0.05) is 38.3 Å². The van der Waals surface area contributed by atoms with E-state index >= 15 is 0 Å². The lowest BCUT2D eigenvalue weighted by Crippen LogP contribution is -2.55. The van der Waals surface area contributed by atoms with Crippen LogP contribution in [0.3, 0.4) is 0 Å². The van der Waals surface area contributed by atoms with E-state index in [-0.39, 0.29) is 24.6 Å². The molecular formula is C21H23BrClF2N7O2S. The third-order valence-corrected chi connectivity index (χ3v) is 7.91. The molecule has 2 fully saturated rings. The van der Waals surface area contributed by atoms with Crippen molar-refractivity contribution in [3.63, 3.8) is 0 Å². The highest BCUT2D eigenvalue weighted by molar-refractivity contribution is 9.10. The first kappa shape index (κ1) is 24.5. The van der Waals surface area contributed by atoms with Crippen LogP contribution in [0.25, 0.3) is 5.52 Å². The molecule has 0 spiro atoms. The Labute approximate surface area is 217 Å². The number of carbonyl (C=O) groups is 1. The van der Waals surface area contributed by atoms with Crippen LogP contribution in [0.1, 0.15) is 22.5 Å². The quantitative estimate of drug-likeness (QED) is 0.434. The Bertz CT molecular complexity index is 1240. The molecule has 2 saturated heterocycles. The van der Waals surface area contributed by atoms with Gasteiger partial charge >= 0.3 is 0 Å². The van der Waals surface area contributed by atoms with Gasteiger partial charge in [-0.1, -0.05) is 11.6 Å². The fraction of sp³-hybridized carbons (Fsp3) is 0.476. The van der Waals surface area contributed by atoms with Crippen LogP contribution in [-0.2, 0) is 0 Å². The van der Waals surface area contributed by atoms with E-state index in [4.69, 9.17) is 22.1 Å². The molecule has 0 aromatic carbocycles. The van der Waals surface area contributed by atoms with E-state index in [1.165, 1.54) is 6.33 Å². The van der Waals surface area contributed by atoms with Gasteiger partial charge in [-0.3, -0.25) is 9.69 Å². The molecule has 14 heteroatoms. The third kappa shape index (κ3) is 5.18. The number of alkyl halides is 2. The second-order valence-corrected chi connectivity index (χ2v) is 11.1. The Kier molecular flexibility index (Phi) is 7.02. The Morgan fingerprint density at radius 3 is 2.94 bits per heavy atom. The predicted octanol–water partition coefficient (Wildman–Crippen LogP) is 3.52. The highest BCUT2D eigenvalue weighted by atomic mass is 79.9. The summed E-state index contributed by atoms with van der Waals surface area (Å²) in [6.45, 7) is 1.91. The van der Waals surface area contributed by atoms with Crippen molar-refractivity contribution in [2.24, 2.45) is 0 Å². The molecule has 188 valence electrons. The van der Waals surface area contributed by atoms with Gasteiger partial charge in [-0.15, -0.1) is 11.3 Å². The van der Waals surface area contributed by atoms with Crippen molar-refractivity contribution in [2.75, 3.05) is 43.4 Å². The molecule has 2 aliphatic rings. The summed E-state index contributed by atoms with van der Waals surface area (Å²) in [5, 5.41) is 7.35. The van der Waals surface area contributed by atoms with E-state index in [0.29, 0.717) is 45.9 Å². The van der Waals surface area contributed by atoms with Crippen LogP contribution in [0.4, 0.5) is 20.3 Å². The van der Waals surface area contributed by atoms with Crippen LogP contribution in [-0.4, -0.2) is 76.7 Å². The Balaban J connectivity index is 1.25. The molecule has 3 aromatic heterocycles. The van der Waals surface area contributed by atoms with Gasteiger partial charge in [0.15, 0.2) is 5.82 Å². The van der Waals surface area contributed by atoms with Crippen LogP contribution < -0.4 is 20.7 Å². The third-order valence-electron chi connectivity index (χ3n) is 6.10. The first-order chi connectivity index (χ1) is 16.8. The number of nitrogens with one attached hydrogen (secondary N) is 1. The van der Waals surface area contributed by atoms with E-state index < -0.39 is 6.43 Å². The van der Waals surface area contributed by atoms with Crippen molar-refractivity contribution in [3.05, 3.63) is 32.3 Å². The highest BCUT2D eigenvalue weighted by Gasteiger charge is 2.32. The fourth-order valence-corrected chi connectivity index (χ4v) is 6.07. The Morgan fingerprint density at radius 1 is 1.37 bits per heavy atom. The van der Waals surface area contributed by atoms with Gasteiger partial charge < -0.3 is 20.7 Å². The normalized spacial score (nSPS) is 19.3. The predicted molar refractivity (Wildman–Crippen MR) is 134 cm³/mol. The standard InChI is InChI=1S/C21H23BrClF2N7O2S/c22-15-4-13(18-20(26)27-10-28-32(15)18)31-3-1-2-11(6-31)29-21(33)19-14(5-16(23)35-19)34-12-7-30(8-12)9-17(24)25/h4-5,10-12,17H,1-3,6-9H2,(H,29,33)(H2,26,27,28)/t11-/m1/s1. The Hall–Kier alpha value is -2.22. The van der Waals surface area contributed by atoms with Crippen LogP contribution in [0.5, 0.6) is 5.75 Å². The lowest BCUT2D eigenvalue weighted by Gasteiger charge is -2.38. The van der Waals surface area contributed by atoms with Crippen LogP contribution >= 0.6 is 38.9 Å². The molecule has 0 bridgehead atoms. The summed E-state index contributed by atoms with van der Waals surface area (Å²) >= 11 is 10.8. The number of anilines is 2. The second-order valence-electron chi connectivity index (χ2n) is 8.61. The number of nitrogen functional groups attached to an aromatic ring is 1. The molecule has 5 rings (SSSR count). The lowest BCUT2D eigenvalue weighted by molar-refractivity contribution is -0.0165. The summed E-state index contributed by atoms with van der Waals surface area (Å²) in [6.07, 6.45) is 0.483. The van der Waals surface area contributed by atoms with Gasteiger partial charge in [-0.2, -0.15) is 5.10 Å². The number of likely N-dealkylation sites (tertiary alicyclic amines) is 1. The number of thiophene rings is 1. The minimum absolute atomic E-state index is 0.102. The number of ether oxygens (including phenoxy) is 1. The second kappa shape index (κ2) is 10.0. The van der Waals surface area contributed by atoms with Crippen LogP contribution in [0, 0.1) is 0 Å². The molecule has 0 radical (unpaired) electrons. The van der Waals surface area contributed by atoms with Gasteiger partial charge in [-0.25, -0.2) is 18.3 Å². The van der Waals surface area contributed by atoms with Crippen LogP contribution in [0.15, 0.2) is 23.1 Å². The summed E-state index contributed by atoms with van der Waals surface area (Å²) in [5.41, 5.74) is 7.74. The molecule has 2 aliphatic heterocycles. The number of carbonyl (C=O) groups excluding carboxylic acids is 1. The van der Waals surface area contributed by atoms with Gasteiger partial charge in [-0.05, 0) is 34.8 Å². The van der Waals surface area contributed by atoms with Crippen molar-refractivity contribution >= 4 is 61.8 Å². The summed E-state index contributed by atoms with van der Waals surface area (Å²) in [6, 6.07) is 3.46. The maximum atomic E-state index is 13.1. The monoisotopic (exact) mass is 589 g/mol. The molecule has 0 unspecified atom stereocenters. The van der Waals surface area contributed by atoms with E-state index in [0.717, 1.165) is 41.0 Å². The SMILES string of the molecule is Nc1ncnn2c(Br)cc(N3CCC[C@@H](NC(=O)c4sc(Cl)cc4OC4CN(CC(F)F)C4)C3)c12. The maximum absolute atomic E-state index is 13.1. The number of aromatic nitrogens is 3.